The third-order valence-corrected chi connectivity index (χ3v) is 5.21. The number of hydrogen-bond acceptors (Lipinski definition) is 2. The average Bonchev–Trinajstić information content (AvgIpc) is 2.66. The summed E-state index contributed by atoms with van der Waals surface area (Å²) in [4.78, 5) is 0. The second-order valence-corrected chi connectivity index (χ2v) is 7.08. The van der Waals surface area contributed by atoms with Gasteiger partial charge in [-0.15, -0.1) is 0 Å². The molecule has 1 aliphatic rings. The lowest BCUT2D eigenvalue weighted by Gasteiger charge is -2.26. The summed E-state index contributed by atoms with van der Waals surface area (Å²) < 4.78 is 33.4. The predicted octanol–water partition coefficient (Wildman–Crippen LogP) is 5.90. The fourth-order valence-corrected chi connectivity index (χ4v) is 3.68. The molecule has 0 bridgehead atoms. The fraction of sp³-hybridized carbons (Fsp3) is 0.455. The highest BCUT2D eigenvalue weighted by Crippen LogP contribution is 2.37. The molecule has 2 nitrogen and oxygen atoms in total. The molecule has 2 aromatic rings. The number of aromatic hydroxyl groups is 1. The van der Waals surface area contributed by atoms with E-state index in [9.17, 15) is 13.9 Å². The van der Waals surface area contributed by atoms with Crippen LogP contribution in [0.2, 0.25) is 0 Å². The van der Waals surface area contributed by atoms with Crippen LogP contribution < -0.4 is 4.74 Å². The van der Waals surface area contributed by atoms with Gasteiger partial charge in [0.05, 0.1) is 6.61 Å². The maximum atomic E-state index is 14.0. The number of phenolic OH excluding ortho intramolecular Hbond substituents is 1. The van der Waals surface area contributed by atoms with E-state index in [-0.39, 0.29) is 5.92 Å². The van der Waals surface area contributed by atoms with Gasteiger partial charge >= 0.3 is 0 Å². The summed E-state index contributed by atoms with van der Waals surface area (Å²) in [5, 5.41) is 9.43. The molecule has 140 valence electrons. The van der Waals surface area contributed by atoms with Crippen LogP contribution >= 0.6 is 0 Å². The zero-order chi connectivity index (χ0) is 18.5. The molecule has 0 aliphatic heterocycles. The minimum absolute atomic E-state index is 0.226. The van der Waals surface area contributed by atoms with Crippen molar-refractivity contribution in [1.82, 2.24) is 0 Å². The fourth-order valence-electron chi connectivity index (χ4n) is 3.68. The number of halogens is 2. The van der Waals surface area contributed by atoms with E-state index in [2.05, 4.69) is 6.92 Å². The van der Waals surface area contributed by atoms with Crippen molar-refractivity contribution in [2.24, 2.45) is 0 Å². The van der Waals surface area contributed by atoms with Crippen molar-refractivity contribution in [3.05, 3.63) is 58.7 Å². The highest BCUT2D eigenvalue weighted by Gasteiger charge is 2.26. The van der Waals surface area contributed by atoms with E-state index in [1.165, 1.54) is 25.3 Å². The van der Waals surface area contributed by atoms with E-state index in [4.69, 9.17) is 4.74 Å². The van der Waals surface area contributed by atoms with Crippen molar-refractivity contribution in [3.8, 4) is 11.5 Å². The molecule has 0 radical (unpaired) electrons. The Hall–Kier alpha value is -2.10. The molecule has 0 fully saturated rings. The standard InChI is InChI=1S/C22H26F2O2/c1-2-3-4-5-12-26-18-9-6-15(7-10-18)16-8-11-19-17(13-16)14-20(23)22(25)21(19)24/h6-7,9-10,14,16,25H,2-5,8,11-13H2,1H3. The van der Waals surface area contributed by atoms with Crippen molar-refractivity contribution in [3.63, 3.8) is 0 Å². The Morgan fingerprint density at radius 1 is 1.12 bits per heavy atom. The molecular formula is C22H26F2O2. The number of phenols is 1. The second kappa shape index (κ2) is 8.52. The van der Waals surface area contributed by atoms with Gasteiger partial charge in [0, 0.05) is 0 Å². The van der Waals surface area contributed by atoms with Gasteiger partial charge in [0.15, 0.2) is 17.4 Å². The van der Waals surface area contributed by atoms with Crippen LogP contribution in [-0.4, -0.2) is 11.7 Å². The van der Waals surface area contributed by atoms with Gasteiger partial charge < -0.3 is 9.84 Å². The summed E-state index contributed by atoms with van der Waals surface area (Å²) in [6.45, 7) is 2.92. The van der Waals surface area contributed by atoms with Gasteiger partial charge in [0.2, 0.25) is 0 Å². The van der Waals surface area contributed by atoms with Gasteiger partial charge in [-0.2, -0.15) is 0 Å². The van der Waals surface area contributed by atoms with Gasteiger partial charge in [-0.3, -0.25) is 0 Å². The second-order valence-electron chi connectivity index (χ2n) is 7.08. The molecular weight excluding hydrogens is 334 g/mol. The molecule has 0 saturated heterocycles. The monoisotopic (exact) mass is 360 g/mol. The van der Waals surface area contributed by atoms with Gasteiger partial charge in [0.1, 0.15) is 5.75 Å². The first-order valence-electron chi connectivity index (χ1n) is 9.51. The van der Waals surface area contributed by atoms with Crippen LogP contribution in [0.5, 0.6) is 11.5 Å². The van der Waals surface area contributed by atoms with E-state index < -0.39 is 17.4 Å². The lowest BCUT2D eigenvalue weighted by Crippen LogP contribution is -2.15. The maximum Gasteiger partial charge on any atom is 0.188 e. The van der Waals surface area contributed by atoms with Crippen LogP contribution in [0, 0.1) is 11.6 Å². The quantitative estimate of drug-likeness (QED) is 0.623. The Balaban J connectivity index is 1.62. The summed E-state index contributed by atoms with van der Waals surface area (Å²) in [6.07, 6.45) is 6.59. The number of fused-ring (bicyclic) bond motifs is 1. The molecule has 1 aliphatic carbocycles. The Labute approximate surface area is 153 Å². The zero-order valence-corrected chi connectivity index (χ0v) is 15.2. The number of unbranched alkanes of at least 4 members (excludes halogenated alkanes) is 3. The highest BCUT2D eigenvalue weighted by atomic mass is 19.1. The molecule has 1 atom stereocenters. The number of benzene rings is 2. The predicted molar refractivity (Wildman–Crippen MR) is 98.9 cm³/mol. The smallest absolute Gasteiger partial charge is 0.188 e. The molecule has 0 heterocycles. The van der Waals surface area contributed by atoms with Crippen molar-refractivity contribution in [1.29, 1.82) is 0 Å². The van der Waals surface area contributed by atoms with Crippen molar-refractivity contribution in [2.45, 2.75) is 57.8 Å². The summed E-state index contributed by atoms with van der Waals surface area (Å²) >= 11 is 0. The SMILES string of the molecule is CCCCCCOc1ccc(C2CCc3c(cc(F)c(O)c3F)C2)cc1. The summed E-state index contributed by atoms with van der Waals surface area (Å²) in [5.74, 6) is -1.45. The molecule has 0 amide bonds. The molecule has 1 N–H and O–H groups in total. The molecule has 0 aromatic heterocycles. The average molecular weight is 360 g/mol. The van der Waals surface area contributed by atoms with Crippen molar-refractivity contribution < 1.29 is 18.6 Å². The van der Waals surface area contributed by atoms with Gasteiger partial charge in [-0.1, -0.05) is 38.3 Å². The first-order chi connectivity index (χ1) is 12.6. The molecule has 4 heteroatoms. The third-order valence-electron chi connectivity index (χ3n) is 5.21. The van der Waals surface area contributed by atoms with Crippen molar-refractivity contribution >= 4 is 0 Å². The minimum Gasteiger partial charge on any atom is -0.503 e. The van der Waals surface area contributed by atoms with E-state index in [0.717, 1.165) is 30.8 Å². The number of hydrogen-bond donors (Lipinski definition) is 1. The molecule has 0 saturated carbocycles. The Morgan fingerprint density at radius 3 is 2.62 bits per heavy atom. The highest BCUT2D eigenvalue weighted by molar-refractivity contribution is 5.42. The minimum atomic E-state index is -0.881. The summed E-state index contributed by atoms with van der Waals surface area (Å²) in [6, 6.07) is 9.31. The summed E-state index contributed by atoms with van der Waals surface area (Å²) in [7, 11) is 0. The Kier molecular flexibility index (Phi) is 6.12. The van der Waals surface area contributed by atoms with Crippen LogP contribution in [0.1, 0.15) is 61.6 Å². The topological polar surface area (TPSA) is 29.5 Å². The first-order valence-corrected chi connectivity index (χ1v) is 9.51. The van der Waals surface area contributed by atoms with E-state index in [1.807, 2.05) is 24.3 Å². The molecule has 2 aromatic carbocycles. The van der Waals surface area contributed by atoms with Crippen LogP contribution in [0.15, 0.2) is 30.3 Å². The largest absolute Gasteiger partial charge is 0.503 e. The van der Waals surface area contributed by atoms with Crippen LogP contribution in [0.25, 0.3) is 0 Å². The number of ether oxygens (including phenoxy) is 1. The lowest BCUT2D eigenvalue weighted by atomic mass is 9.80. The molecule has 0 spiro atoms. The van der Waals surface area contributed by atoms with Crippen LogP contribution in [-0.2, 0) is 12.8 Å². The molecule has 1 unspecified atom stereocenters. The van der Waals surface area contributed by atoms with E-state index >= 15 is 0 Å². The lowest BCUT2D eigenvalue weighted by molar-refractivity contribution is 0.305. The molecule has 26 heavy (non-hydrogen) atoms. The normalized spacial score (nSPS) is 16.3. The van der Waals surface area contributed by atoms with Crippen LogP contribution in [0.4, 0.5) is 8.78 Å². The van der Waals surface area contributed by atoms with E-state index in [0.29, 0.717) is 24.0 Å². The van der Waals surface area contributed by atoms with Crippen molar-refractivity contribution in [2.75, 3.05) is 6.61 Å². The zero-order valence-electron chi connectivity index (χ0n) is 15.2. The van der Waals surface area contributed by atoms with Gasteiger partial charge in [0.25, 0.3) is 0 Å². The van der Waals surface area contributed by atoms with Gasteiger partial charge in [-0.25, -0.2) is 8.78 Å². The first kappa shape index (κ1) is 18.7. The Bertz CT molecular complexity index is 741. The summed E-state index contributed by atoms with van der Waals surface area (Å²) in [5.41, 5.74) is 2.26. The van der Waals surface area contributed by atoms with Crippen LogP contribution in [0.3, 0.4) is 0 Å². The van der Waals surface area contributed by atoms with Gasteiger partial charge in [-0.05, 0) is 66.5 Å². The van der Waals surface area contributed by atoms with E-state index in [1.54, 1.807) is 0 Å². The molecule has 3 rings (SSSR count). The third kappa shape index (κ3) is 4.17. The number of rotatable bonds is 7. The maximum absolute atomic E-state index is 14.0. The Morgan fingerprint density at radius 2 is 1.88 bits per heavy atom.